The molecule has 1 aromatic carbocycles. The second-order valence-corrected chi connectivity index (χ2v) is 6.88. The first-order valence-corrected chi connectivity index (χ1v) is 9.05. The van der Waals surface area contributed by atoms with Gasteiger partial charge in [0.2, 0.25) is 5.95 Å². The summed E-state index contributed by atoms with van der Waals surface area (Å²) in [5.41, 5.74) is -2.46. The lowest BCUT2D eigenvalue weighted by Gasteiger charge is -2.18. The van der Waals surface area contributed by atoms with E-state index in [1.54, 1.807) is 18.3 Å². The molecule has 3 rings (SSSR count). The zero-order valence-corrected chi connectivity index (χ0v) is 16.3. The van der Waals surface area contributed by atoms with Crippen LogP contribution in [0.4, 0.5) is 43.8 Å². The molecule has 0 atom stereocenters. The number of benzene rings is 1. The molecule has 0 saturated carbocycles. The third kappa shape index (κ3) is 5.62. The number of nitrogens with one attached hydrogen (secondary N) is 2. The third-order valence-corrected chi connectivity index (χ3v) is 4.02. The second-order valence-electron chi connectivity index (χ2n) is 6.88. The molecule has 0 aliphatic heterocycles. The smallest absolute Gasteiger partial charge is 0.352 e. The van der Waals surface area contributed by atoms with E-state index in [2.05, 4.69) is 25.6 Å². The maximum absolute atomic E-state index is 13.5. The van der Waals surface area contributed by atoms with E-state index in [1.165, 1.54) is 12.3 Å². The average molecular weight is 441 g/mol. The van der Waals surface area contributed by atoms with Gasteiger partial charge in [-0.15, -0.1) is 0 Å². The van der Waals surface area contributed by atoms with E-state index in [0.717, 1.165) is 6.07 Å². The summed E-state index contributed by atoms with van der Waals surface area (Å²) < 4.78 is 79.1. The predicted octanol–water partition coefficient (Wildman–Crippen LogP) is 6.14. The van der Waals surface area contributed by atoms with Crippen molar-refractivity contribution in [1.82, 2.24) is 15.0 Å². The quantitative estimate of drug-likeness (QED) is 0.466. The fourth-order valence-electron chi connectivity index (χ4n) is 2.70. The molecule has 0 amide bonds. The SMILES string of the molecule is CC(C)Nc1nc(Nc2ccc(C(F)(F)F)cc2C(F)(F)F)cc(-c2cccnc2)n1. The Kier molecular flexibility index (Phi) is 6.05. The Bertz CT molecular complexity index is 1050. The molecule has 0 saturated heterocycles. The van der Waals surface area contributed by atoms with Crippen molar-refractivity contribution in [2.45, 2.75) is 32.2 Å². The van der Waals surface area contributed by atoms with E-state index in [4.69, 9.17) is 0 Å². The number of anilines is 3. The standard InChI is InChI=1S/C20H17F6N5/c1-11(2)28-18-30-16(12-4-3-7-27-10-12)9-17(31-18)29-15-6-5-13(19(21,22)23)8-14(15)20(24,25)26/h3-11H,1-2H3,(H2,28,29,30,31). The van der Waals surface area contributed by atoms with Gasteiger partial charge in [-0.2, -0.15) is 31.3 Å². The second kappa shape index (κ2) is 8.40. The van der Waals surface area contributed by atoms with Crippen LogP contribution < -0.4 is 10.6 Å². The Morgan fingerprint density at radius 3 is 2.23 bits per heavy atom. The molecule has 0 unspecified atom stereocenters. The molecule has 2 heterocycles. The lowest BCUT2D eigenvalue weighted by Crippen LogP contribution is -2.15. The summed E-state index contributed by atoms with van der Waals surface area (Å²) in [5.74, 6) is 0.113. The lowest BCUT2D eigenvalue weighted by molar-refractivity contribution is -0.142. The van der Waals surface area contributed by atoms with Crippen LogP contribution in [0.15, 0.2) is 48.8 Å². The van der Waals surface area contributed by atoms with Crippen LogP contribution in [0.1, 0.15) is 25.0 Å². The van der Waals surface area contributed by atoms with Crippen LogP contribution in [0.5, 0.6) is 0 Å². The highest BCUT2D eigenvalue weighted by Gasteiger charge is 2.38. The number of nitrogens with zero attached hydrogens (tertiary/aromatic N) is 3. The summed E-state index contributed by atoms with van der Waals surface area (Å²) in [6, 6.07) is 6.06. The minimum Gasteiger partial charge on any atom is -0.352 e. The van der Waals surface area contributed by atoms with Crippen molar-refractivity contribution in [3.8, 4) is 11.3 Å². The van der Waals surface area contributed by atoms with Crippen molar-refractivity contribution in [2.75, 3.05) is 10.6 Å². The number of halogens is 6. The topological polar surface area (TPSA) is 62.7 Å². The van der Waals surface area contributed by atoms with Crippen LogP contribution in [0.25, 0.3) is 11.3 Å². The molecule has 2 N–H and O–H groups in total. The highest BCUT2D eigenvalue weighted by atomic mass is 19.4. The predicted molar refractivity (Wildman–Crippen MR) is 104 cm³/mol. The van der Waals surface area contributed by atoms with Gasteiger partial charge in [-0.05, 0) is 44.2 Å². The van der Waals surface area contributed by atoms with E-state index < -0.39 is 29.2 Å². The zero-order chi connectivity index (χ0) is 22.8. The lowest BCUT2D eigenvalue weighted by atomic mass is 10.1. The normalized spacial score (nSPS) is 12.2. The Morgan fingerprint density at radius 2 is 1.65 bits per heavy atom. The van der Waals surface area contributed by atoms with Crippen LogP contribution in [0.3, 0.4) is 0 Å². The fourth-order valence-corrected chi connectivity index (χ4v) is 2.70. The monoisotopic (exact) mass is 441 g/mol. The first-order chi connectivity index (χ1) is 14.4. The van der Waals surface area contributed by atoms with Crippen molar-refractivity contribution in [3.63, 3.8) is 0 Å². The third-order valence-electron chi connectivity index (χ3n) is 4.02. The van der Waals surface area contributed by atoms with Gasteiger partial charge in [-0.1, -0.05) is 0 Å². The van der Waals surface area contributed by atoms with Crippen LogP contribution >= 0.6 is 0 Å². The molecule has 3 aromatic rings. The Balaban J connectivity index is 2.07. The average Bonchev–Trinajstić information content (AvgIpc) is 2.66. The highest BCUT2D eigenvalue weighted by Crippen LogP contribution is 2.40. The van der Waals surface area contributed by atoms with Crippen molar-refractivity contribution < 1.29 is 26.3 Å². The zero-order valence-electron chi connectivity index (χ0n) is 16.3. The van der Waals surface area contributed by atoms with Gasteiger partial charge < -0.3 is 10.6 Å². The summed E-state index contributed by atoms with van der Waals surface area (Å²) in [5, 5.41) is 5.44. The number of rotatable bonds is 5. The van der Waals surface area contributed by atoms with E-state index in [-0.39, 0.29) is 23.9 Å². The maximum atomic E-state index is 13.5. The molecule has 11 heteroatoms. The summed E-state index contributed by atoms with van der Waals surface area (Å²) in [4.78, 5) is 12.5. The van der Waals surface area contributed by atoms with Gasteiger partial charge in [0, 0.05) is 30.1 Å². The number of alkyl halides is 6. The van der Waals surface area contributed by atoms with E-state index in [1.807, 2.05) is 13.8 Å². The molecule has 5 nitrogen and oxygen atoms in total. The summed E-state index contributed by atoms with van der Waals surface area (Å²) in [7, 11) is 0. The van der Waals surface area contributed by atoms with Gasteiger partial charge in [-0.3, -0.25) is 4.98 Å². The molecule has 31 heavy (non-hydrogen) atoms. The van der Waals surface area contributed by atoms with Crippen LogP contribution in [0, 0.1) is 0 Å². The minimum atomic E-state index is -5.01. The largest absolute Gasteiger partial charge is 0.418 e. The van der Waals surface area contributed by atoms with Crippen molar-refractivity contribution >= 4 is 17.5 Å². The van der Waals surface area contributed by atoms with Crippen LogP contribution in [-0.2, 0) is 12.4 Å². The van der Waals surface area contributed by atoms with E-state index in [9.17, 15) is 26.3 Å². The highest BCUT2D eigenvalue weighted by molar-refractivity contribution is 5.69. The summed E-state index contributed by atoms with van der Waals surface area (Å²) in [6.07, 6.45) is -6.85. The van der Waals surface area contributed by atoms with Gasteiger partial charge in [0.1, 0.15) is 5.82 Å². The summed E-state index contributed by atoms with van der Waals surface area (Å²) >= 11 is 0. The minimum absolute atomic E-state index is 0.0257. The van der Waals surface area contributed by atoms with Gasteiger partial charge >= 0.3 is 12.4 Å². The molecule has 2 aromatic heterocycles. The van der Waals surface area contributed by atoms with Gasteiger partial charge in [0.15, 0.2) is 0 Å². The van der Waals surface area contributed by atoms with E-state index in [0.29, 0.717) is 17.3 Å². The molecule has 0 spiro atoms. The molecule has 164 valence electrons. The molecule has 0 aliphatic carbocycles. The fraction of sp³-hybridized carbons (Fsp3) is 0.250. The first kappa shape index (κ1) is 22.3. The Hall–Kier alpha value is -3.37. The van der Waals surface area contributed by atoms with Crippen molar-refractivity contribution in [1.29, 1.82) is 0 Å². The Labute approximate surface area is 173 Å². The van der Waals surface area contributed by atoms with Crippen molar-refractivity contribution in [3.05, 3.63) is 59.9 Å². The molecular weight excluding hydrogens is 424 g/mol. The molecule has 0 fully saturated rings. The van der Waals surface area contributed by atoms with Crippen LogP contribution in [0.2, 0.25) is 0 Å². The molecule has 0 aliphatic rings. The van der Waals surface area contributed by atoms with Gasteiger partial charge in [0.25, 0.3) is 0 Å². The molecule has 0 radical (unpaired) electrons. The maximum Gasteiger partial charge on any atom is 0.418 e. The number of pyridine rings is 1. The van der Waals surface area contributed by atoms with Crippen LogP contribution in [-0.4, -0.2) is 21.0 Å². The first-order valence-electron chi connectivity index (χ1n) is 9.05. The van der Waals surface area contributed by atoms with Gasteiger partial charge in [0.05, 0.1) is 22.5 Å². The molecule has 0 bridgehead atoms. The number of hydrogen-bond acceptors (Lipinski definition) is 5. The van der Waals surface area contributed by atoms with Crippen molar-refractivity contribution in [2.24, 2.45) is 0 Å². The van der Waals surface area contributed by atoms with E-state index >= 15 is 0 Å². The number of hydrogen-bond donors (Lipinski definition) is 2. The Morgan fingerprint density at radius 1 is 0.903 bits per heavy atom. The molecular formula is C20H17F6N5. The number of aromatic nitrogens is 3. The van der Waals surface area contributed by atoms with Gasteiger partial charge in [-0.25, -0.2) is 4.98 Å². The summed E-state index contributed by atoms with van der Waals surface area (Å²) in [6.45, 7) is 3.65.